The van der Waals surface area contributed by atoms with E-state index in [-0.39, 0.29) is 43.0 Å². The fourth-order valence-corrected chi connectivity index (χ4v) is 5.59. The van der Waals surface area contributed by atoms with E-state index in [4.69, 9.17) is 14.2 Å². The van der Waals surface area contributed by atoms with Gasteiger partial charge >= 0.3 is 0 Å². The fourth-order valence-electron chi connectivity index (χ4n) is 3.56. The summed E-state index contributed by atoms with van der Waals surface area (Å²) in [6.45, 7) is 4.34. The Balaban J connectivity index is 1.56. The molecule has 0 radical (unpaired) electrons. The van der Waals surface area contributed by atoms with E-state index < -0.39 is 14.6 Å². The quantitative estimate of drug-likeness (QED) is 0.607. The summed E-state index contributed by atoms with van der Waals surface area (Å²) in [5.74, 6) is 0.957. The van der Waals surface area contributed by atoms with E-state index in [1.807, 2.05) is 6.92 Å². The van der Waals surface area contributed by atoms with Crippen LogP contribution in [0.25, 0.3) is 0 Å². The molecule has 0 aliphatic carbocycles. The number of sulfone groups is 1. The summed E-state index contributed by atoms with van der Waals surface area (Å²) in [6, 6.07) is 6.27. The molecule has 0 bridgehead atoms. The van der Waals surface area contributed by atoms with Gasteiger partial charge in [0.25, 0.3) is 0 Å². The minimum Gasteiger partial charge on any atom is -0.494 e. The summed E-state index contributed by atoms with van der Waals surface area (Å²) in [6.07, 6.45) is 2.52. The van der Waals surface area contributed by atoms with Gasteiger partial charge in [-0.1, -0.05) is 6.92 Å². The molecule has 0 saturated carbocycles. The first-order valence-electron chi connectivity index (χ1n) is 9.94. The number of hydrogen-bond donors (Lipinski definition) is 1. The van der Waals surface area contributed by atoms with Crippen molar-refractivity contribution in [2.75, 3.05) is 19.8 Å². The van der Waals surface area contributed by atoms with Gasteiger partial charge in [-0.05, 0) is 50.5 Å². The van der Waals surface area contributed by atoms with Gasteiger partial charge in [0.05, 0.1) is 11.5 Å². The van der Waals surface area contributed by atoms with Crippen LogP contribution in [0.3, 0.4) is 0 Å². The predicted molar refractivity (Wildman–Crippen MR) is 108 cm³/mol. The largest absolute Gasteiger partial charge is 0.494 e. The molecule has 29 heavy (non-hydrogen) atoms. The van der Waals surface area contributed by atoms with Gasteiger partial charge in [-0.15, -0.1) is 5.10 Å². The van der Waals surface area contributed by atoms with E-state index in [1.165, 1.54) is 19.1 Å². The minimum absolute atomic E-state index is 0.122. The fraction of sp³-hybridized carbons (Fsp3) is 0.600. The summed E-state index contributed by atoms with van der Waals surface area (Å²) >= 11 is 0. The van der Waals surface area contributed by atoms with Crippen molar-refractivity contribution in [3.8, 4) is 5.75 Å². The van der Waals surface area contributed by atoms with E-state index in [0.29, 0.717) is 18.3 Å². The number of Topliss-reactive ketones (excluding diaryl/α,β-unsaturated/α-hetero) is 1. The van der Waals surface area contributed by atoms with Gasteiger partial charge in [-0.25, -0.2) is 8.42 Å². The molecular weight excluding hydrogens is 396 g/mol. The highest BCUT2D eigenvalue weighted by Gasteiger charge is 2.49. The Kier molecular flexibility index (Phi) is 6.79. The predicted octanol–water partition coefficient (Wildman–Crippen LogP) is 2.43. The van der Waals surface area contributed by atoms with E-state index in [1.54, 1.807) is 12.1 Å². The lowest BCUT2D eigenvalue weighted by molar-refractivity contribution is -0.121. The molecule has 1 atom stereocenters. The van der Waals surface area contributed by atoms with Gasteiger partial charge in [0.2, 0.25) is 5.90 Å². The van der Waals surface area contributed by atoms with E-state index in [0.717, 1.165) is 19.3 Å². The highest BCUT2D eigenvalue weighted by Crippen LogP contribution is 2.36. The van der Waals surface area contributed by atoms with Crippen LogP contribution in [0, 0.1) is 0 Å². The lowest BCUT2D eigenvalue weighted by atomic mass is 9.95. The van der Waals surface area contributed by atoms with Crippen LogP contribution in [-0.2, 0) is 24.1 Å². The number of hydrazone groups is 1. The number of nitrogens with zero attached hydrogens (tertiary/aromatic N) is 1. The molecule has 2 heterocycles. The number of ether oxygens (including phenoxy) is 3. The number of carbonyl (C=O) groups excluding carboxylic acids is 1. The monoisotopic (exact) mass is 424 g/mol. The Morgan fingerprint density at radius 1 is 1.28 bits per heavy atom. The molecule has 0 amide bonds. The third-order valence-electron chi connectivity index (χ3n) is 5.38. The third-order valence-corrected chi connectivity index (χ3v) is 8.00. The van der Waals surface area contributed by atoms with Crippen molar-refractivity contribution < 1.29 is 27.4 Å². The topological polar surface area (TPSA) is 103 Å². The van der Waals surface area contributed by atoms with Gasteiger partial charge in [0.1, 0.15) is 10.5 Å². The molecular formula is C20H28N2O6S. The number of nitrogens with one attached hydrogen (secondary N) is 1. The zero-order valence-electron chi connectivity index (χ0n) is 16.8. The van der Waals surface area contributed by atoms with Crippen LogP contribution in [0.1, 0.15) is 46.0 Å². The average molecular weight is 425 g/mol. The van der Waals surface area contributed by atoms with Crippen molar-refractivity contribution in [1.29, 1.82) is 0 Å². The van der Waals surface area contributed by atoms with Gasteiger partial charge in [0.15, 0.2) is 21.8 Å². The molecule has 1 fully saturated rings. The van der Waals surface area contributed by atoms with Crippen LogP contribution in [0.15, 0.2) is 34.3 Å². The van der Waals surface area contributed by atoms with Crippen molar-refractivity contribution in [2.45, 2.75) is 61.8 Å². The van der Waals surface area contributed by atoms with E-state index in [9.17, 15) is 13.2 Å². The normalized spacial score (nSPS) is 21.0. The molecule has 1 aromatic carbocycles. The molecule has 0 aromatic heterocycles. The number of carbonyl (C=O) groups is 1. The second-order valence-electron chi connectivity index (χ2n) is 7.22. The minimum atomic E-state index is -3.81. The number of benzene rings is 1. The second-order valence-corrected chi connectivity index (χ2v) is 9.48. The molecule has 8 nitrogen and oxygen atoms in total. The van der Waals surface area contributed by atoms with Crippen molar-refractivity contribution in [3.05, 3.63) is 24.3 Å². The molecule has 9 heteroatoms. The highest BCUT2D eigenvalue weighted by molar-refractivity contribution is 7.93. The SMILES string of the molecule is CCC1=NNC(CCCOc2ccc(S(=O)(=O)C3(C(C)=O)CCOCC3)cc2)O1. The number of hydrogen-bond acceptors (Lipinski definition) is 8. The van der Waals surface area contributed by atoms with E-state index >= 15 is 0 Å². The Hall–Kier alpha value is -2.13. The summed E-state index contributed by atoms with van der Waals surface area (Å²) in [5, 5.41) is 4.08. The summed E-state index contributed by atoms with van der Waals surface area (Å²) in [5.41, 5.74) is 2.93. The molecule has 1 aromatic rings. The van der Waals surface area contributed by atoms with Crippen LogP contribution in [0.2, 0.25) is 0 Å². The Morgan fingerprint density at radius 2 is 1.97 bits per heavy atom. The summed E-state index contributed by atoms with van der Waals surface area (Å²) in [7, 11) is -3.81. The van der Waals surface area contributed by atoms with Crippen molar-refractivity contribution in [2.24, 2.45) is 5.10 Å². The summed E-state index contributed by atoms with van der Waals surface area (Å²) in [4.78, 5) is 12.4. The highest BCUT2D eigenvalue weighted by atomic mass is 32.2. The smallest absolute Gasteiger partial charge is 0.207 e. The Morgan fingerprint density at radius 3 is 2.55 bits per heavy atom. The molecule has 0 spiro atoms. The zero-order valence-corrected chi connectivity index (χ0v) is 17.7. The van der Waals surface area contributed by atoms with Crippen LogP contribution in [-0.4, -0.2) is 50.9 Å². The maximum atomic E-state index is 13.2. The first-order valence-corrected chi connectivity index (χ1v) is 11.4. The average Bonchev–Trinajstić information content (AvgIpc) is 3.20. The maximum Gasteiger partial charge on any atom is 0.207 e. The lowest BCUT2D eigenvalue weighted by Gasteiger charge is -2.34. The van der Waals surface area contributed by atoms with Crippen LogP contribution in [0.4, 0.5) is 0 Å². The Labute approximate surface area is 171 Å². The maximum absolute atomic E-state index is 13.2. The van der Waals surface area contributed by atoms with Crippen molar-refractivity contribution in [3.63, 3.8) is 0 Å². The van der Waals surface area contributed by atoms with Crippen LogP contribution >= 0.6 is 0 Å². The molecule has 160 valence electrons. The molecule has 2 aliphatic heterocycles. The van der Waals surface area contributed by atoms with Gasteiger partial charge < -0.3 is 14.2 Å². The standard InChI is InChI=1S/C20H28N2O6S/c1-3-18-21-22-19(28-18)5-4-12-27-16-6-8-17(9-7-16)29(24,25)20(15(2)23)10-13-26-14-11-20/h6-9,19,22H,3-5,10-14H2,1-2H3. The first-order chi connectivity index (χ1) is 13.9. The Bertz CT molecular complexity index is 844. The van der Waals surface area contributed by atoms with Crippen molar-refractivity contribution in [1.82, 2.24) is 5.43 Å². The number of ketones is 1. The summed E-state index contributed by atoms with van der Waals surface area (Å²) < 4.78 is 41.5. The van der Waals surface area contributed by atoms with Crippen molar-refractivity contribution >= 4 is 21.5 Å². The number of rotatable bonds is 9. The second kappa shape index (κ2) is 9.13. The van der Waals surface area contributed by atoms with E-state index in [2.05, 4.69) is 10.5 Å². The van der Waals surface area contributed by atoms with Gasteiger partial charge in [0, 0.05) is 26.1 Å². The van der Waals surface area contributed by atoms with Gasteiger partial charge in [-0.2, -0.15) is 0 Å². The van der Waals surface area contributed by atoms with Crippen LogP contribution < -0.4 is 10.2 Å². The third kappa shape index (κ3) is 4.56. The van der Waals surface area contributed by atoms with Crippen LogP contribution in [0.5, 0.6) is 5.75 Å². The molecule has 1 unspecified atom stereocenters. The molecule has 1 saturated heterocycles. The molecule has 2 aliphatic rings. The van der Waals surface area contributed by atoms with Gasteiger partial charge in [-0.3, -0.25) is 10.2 Å². The molecule has 3 rings (SSSR count). The zero-order chi connectivity index (χ0) is 20.9. The lowest BCUT2D eigenvalue weighted by Crippen LogP contribution is -2.49. The first kappa shape index (κ1) is 21.6. The molecule has 1 N–H and O–H groups in total.